The summed E-state index contributed by atoms with van der Waals surface area (Å²) in [5.74, 6) is 0.268. The van der Waals surface area contributed by atoms with Gasteiger partial charge in [-0.3, -0.25) is 10.1 Å². The summed E-state index contributed by atoms with van der Waals surface area (Å²) in [6.45, 7) is 0.525. The fourth-order valence-electron chi connectivity index (χ4n) is 2.95. The van der Waals surface area contributed by atoms with Gasteiger partial charge in [-0.1, -0.05) is 12.8 Å². The molecule has 0 heterocycles. The summed E-state index contributed by atoms with van der Waals surface area (Å²) in [5, 5.41) is 14.5. The number of sulfonamides is 1. The van der Waals surface area contributed by atoms with Crippen LogP contribution in [0, 0.1) is 16.0 Å². The quantitative estimate of drug-likeness (QED) is 0.530. The Kier molecular flexibility index (Phi) is 5.55. The summed E-state index contributed by atoms with van der Waals surface area (Å²) in [6.07, 6.45) is 4.06. The van der Waals surface area contributed by atoms with Crippen molar-refractivity contribution < 1.29 is 13.3 Å². The second kappa shape index (κ2) is 7.24. The third kappa shape index (κ3) is 3.98. The molecule has 1 aliphatic rings. The van der Waals surface area contributed by atoms with Crippen LogP contribution in [0.1, 0.15) is 25.7 Å². The third-order valence-electron chi connectivity index (χ3n) is 4.30. The van der Waals surface area contributed by atoms with Gasteiger partial charge in [0.1, 0.15) is 5.69 Å². The van der Waals surface area contributed by atoms with Gasteiger partial charge in [-0.2, -0.15) is 0 Å². The van der Waals surface area contributed by atoms with Crippen molar-refractivity contribution in [2.45, 2.75) is 36.6 Å². The highest BCUT2D eigenvalue weighted by atomic mass is 32.2. The zero-order valence-corrected chi connectivity index (χ0v) is 13.8. The normalized spacial score (nSPS) is 21.8. The molecule has 0 amide bonds. The molecule has 4 N–H and O–H groups in total. The molecule has 0 aliphatic heterocycles. The summed E-state index contributed by atoms with van der Waals surface area (Å²) in [7, 11) is -2.46. The zero-order chi connectivity index (χ0) is 17.0. The number of benzene rings is 1. The maximum atomic E-state index is 11.8. The first-order chi connectivity index (χ1) is 10.9. The van der Waals surface area contributed by atoms with Gasteiger partial charge in [-0.25, -0.2) is 13.1 Å². The maximum Gasteiger partial charge on any atom is 0.293 e. The van der Waals surface area contributed by atoms with Crippen LogP contribution >= 0.6 is 0 Å². The first-order valence-corrected chi connectivity index (χ1v) is 9.06. The monoisotopic (exact) mass is 342 g/mol. The molecule has 0 spiro atoms. The topological polar surface area (TPSA) is 127 Å². The van der Waals surface area contributed by atoms with E-state index in [1.54, 1.807) is 0 Å². The van der Waals surface area contributed by atoms with E-state index in [-0.39, 0.29) is 22.5 Å². The molecule has 0 saturated heterocycles. The van der Waals surface area contributed by atoms with Crippen molar-refractivity contribution in [3.05, 3.63) is 28.3 Å². The second-order valence-electron chi connectivity index (χ2n) is 5.67. The smallest absolute Gasteiger partial charge is 0.293 e. The summed E-state index contributed by atoms with van der Waals surface area (Å²) < 4.78 is 25.8. The highest BCUT2D eigenvalue weighted by Gasteiger charge is 2.27. The first-order valence-electron chi connectivity index (χ1n) is 7.57. The van der Waals surface area contributed by atoms with Crippen molar-refractivity contribution in [3.8, 4) is 0 Å². The van der Waals surface area contributed by atoms with Crippen molar-refractivity contribution >= 4 is 21.4 Å². The number of anilines is 1. The van der Waals surface area contributed by atoms with Gasteiger partial charge in [0, 0.05) is 12.1 Å². The molecule has 1 saturated carbocycles. The number of rotatable bonds is 6. The number of hydrogen-bond acceptors (Lipinski definition) is 6. The van der Waals surface area contributed by atoms with Crippen molar-refractivity contribution in [3.63, 3.8) is 0 Å². The van der Waals surface area contributed by atoms with Crippen LogP contribution < -0.4 is 15.8 Å². The van der Waals surface area contributed by atoms with Crippen LogP contribution in [0.25, 0.3) is 0 Å². The van der Waals surface area contributed by atoms with Crippen LogP contribution in [0.2, 0.25) is 0 Å². The van der Waals surface area contributed by atoms with E-state index in [1.165, 1.54) is 19.2 Å². The van der Waals surface area contributed by atoms with Gasteiger partial charge in [-0.05, 0) is 44.5 Å². The van der Waals surface area contributed by atoms with Gasteiger partial charge in [0.25, 0.3) is 5.69 Å². The molecule has 1 aliphatic carbocycles. The predicted octanol–water partition coefficient (Wildman–Crippen LogP) is 1.43. The standard InChI is InChI=1S/C14H22N4O4S/c1-16-23(21,22)11-6-7-13(14(8-11)18(19)20)17-12-5-3-2-4-10(12)9-15/h6-8,10,12,16-17H,2-5,9,15H2,1H3. The summed E-state index contributed by atoms with van der Waals surface area (Å²) >= 11 is 0. The van der Waals surface area contributed by atoms with Gasteiger partial charge in [0.05, 0.1) is 9.82 Å². The van der Waals surface area contributed by atoms with E-state index in [9.17, 15) is 18.5 Å². The molecule has 1 fully saturated rings. The molecule has 2 atom stereocenters. The second-order valence-corrected chi connectivity index (χ2v) is 7.56. The minimum atomic E-state index is -3.72. The molecule has 9 heteroatoms. The number of nitrogens with one attached hydrogen (secondary N) is 2. The average molecular weight is 342 g/mol. The molecule has 0 radical (unpaired) electrons. The van der Waals surface area contributed by atoms with E-state index in [2.05, 4.69) is 10.0 Å². The van der Waals surface area contributed by atoms with Crippen LogP contribution in [-0.2, 0) is 10.0 Å². The van der Waals surface area contributed by atoms with E-state index in [1.807, 2.05) is 0 Å². The highest BCUT2D eigenvalue weighted by molar-refractivity contribution is 7.89. The van der Waals surface area contributed by atoms with E-state index in [4.69, 9.17) is 5.73 Å². The number of nitro benzene ring substituents is 1. The maximum absolute atomic E-state index is 11.8. The van der Waals surface area contributed by atoms with E-state index < -0.39 is 14.9 Å². The summed E-state index contributed by atoms with van der Waals surface area (Å²) in [6, 6.07) is 3.96. The lowest BCUT2D eigenvalue weighted by Gasteiger charge is -2.32. The Morgan fingerprint density at radius 3 is 2.65 bits per heavy atom. The number of hydrogen-bond donors (Lipinski definition) is 3. The number of nitro groups is 1. The van der Waals surface area contributed by atoms with Gasteiger partial charge in [0.15, 0.2) is 0 Å². The Bertz CT molecular complexity index is 677. The molecule has 8 nitrogen and oxygen atoms in total. The molecule has 2 unspecified atom stereocenters. The third-order valence-corrected chi connectivity index (χ3v) is 5.71. The Hall–Kier alpha value is -1.71. The largest absolute Gasteiger partial charge is 0.376 e. The fraction of sp³-hybridized carbons (Fsp3) is 0.571. The molecule has 128 valence electrons. The van der Waals surface area contributed by atoms with Crippen LogP contribution in [0.4, 0.5) is 11.4 Å². The van der Waals surface area contributed by atoms with E-state index >= 15 is 0 Å². The molecule has 0 bridgehead atoms. The minimum Gasteiger partial charge on any atom is -0.376 e. The molecule has 0 aromatic heterocycles. The van der Waals surface area contributed by atoms with Gasteiger partial charge in [0.2, 0.25) is 10.0 Å². The predicted molar refractivity (Wildman–Crippen MR) is 87.8 cm³/mol. The summed E-state index contributed by atoms with van der Waals surface area (Å²) in [5.41, 5.74) is 5.86. The van der Waals surface area contributed by atoms with Gasteiger partial charge < -0.3 is 11.1 Å². The van der Waals surface area contributed by atoms with Crippen molar-refractivity contribution in [2.75, 3.05) is 18.9 Å². The Morgan fingerprint density at radius 2 is 2.04 bits per heavy atom. The van der Waals surface area contributed by atoms with Crippen molar-refractivity contribution in [2.24, 2.45) is 11.7 Å². The lowest BCUT2D eigenvalue weighted by atomic mass is 9.84. The lowest BCUT2D eigenvalue weighted by molar-refractivity contribution is -0.384. The Labute approximate surface area is 135 Å². The molecule has 23 heavy (non-hydrogen) atoms. The van der Waals surface area contributed by atoms with E-state index in [0.717, 1.165) is 31.7 Å². The fourth-order valence-corrected chi connectivity index (χ4v) is 3.70. The van der Waals surface area contributed by atoms with Gasteiger partial charge >= 0.3 is 0 Å². The zero-order valence-electron chi connectivity index (χ0n) is 13.0. The molecular formula is C14H22N4O4S. The van der Waals surface area contributed by atoms with Crippen LogP contribution in [0.3, 0.4) is 0 Å². The Morgan fingerprint density at radius 1 is 1.35 bits per heavy atom. The average Bonchev–Trinajstić information content (AvgIpc) is 2.55. The van der Waals surface area contributed by atoms with Crippen LogP contribution in [-0.4, -0.2) is 33.0 Å². The van der Waals surface area contributed by atoms with Gasteiger partial charge in [-0.15, -0.1) is 0 Å². The molecular weight excluding hydrogens is 320 g/mol. The highest BCUT2D eigenvalue weighted by Crippen LogP contribution is 2.32. The molecule has 1 aromatic carbocycles. The van der Waals surface area contributed by atoms with Crippen molar-refractivity contribution in [1.29, 1.82) is 0 Å². The molecule has 2 rings (SSSR count). The number of nitrogens with zero attached hydrogens (tertiary/aromatic N) is 1. The lowest BCUT2D eigenvalue weighted by Crippen LogP contribution is -2.36. The summed E-state index contributed by atoms with van der Waals surface area (Å²) in [4.78, 5) is 10.6. The van der Waals surface area contributed by atoms with Crippen LogP contribution in [0.15, 0.2) is 23.1 Å². The molecule has 1 aromatic rings. The van der Waals surface area contributed by atoms with E-state index in [0.29, 0.717) is 12.2 Å². The Balaban J connectivity index is 2.33. The first kappa shape index (κ1) is 17.6. The minimum absolute atomic E-state index is 0.0687. The SMILES string of the molecule is CNS(=O)(=O)c1ccc(NC2CCCCC2CN)c([N+](=O)[O-])c1. The number of nitrogens with two attached hydrogens (primary N) is 1. The van der Waals surface area contributed by atoms with Crippen molar-refractivity contribution in [1.82, 2.24) is 4.72 Å². The van der Waals surface area contributed by atoms with Crippen LogP contribution in [0.5, 0.6) is 0 Å².